The number of aryl methyl sites for hydroxylation is 1. The molecule has 3 nitrogen and oxygen atoms in total. The molecule has 0 aliphatic heterocycles. The quantitative estimate of drug-likeness (QED) is 0.873. The van der Waals surface area contributed by atoms with Gasteiger partial charge in [-0.15, -0.1) is 11.3 Å². The molecule has 0 saturated carbocycles. The molecule has 0 radical (unpaired) electrons. The lowest BCUT2D eigenvalue weighted by molar-refractivity contribution is 0.0699. The lowest BCUT2D eigenvalue weighted by Gasteiger charge is -2.03. The minimum absolute atomic E-state index is 0.176. The Kier molecular flexibility index (Phi) is 3.09. The largest absolute Gasteiger partial charge is 0.478 e. The lowest BCUT2D eigenvalue weighted by atomic mass is 10.0. The molecule has 17 heavy (non-hydrogen) atoms. The van der Waals surface area contributed by atoms with E-state index < -0.39 is 5.97 Å². The average Bonchev–Trinajstić information content (AvgIpc) is 2.55. The standard InChI is InChI=1S/C12H10ClNO2S/c1-6-9(7-2-4-8(13)5-3-7)10(12(15)16)11(14)17-6/h2-5H,14H2,1H3,(H,15,16). The summed E-state index contributed by atoms with van der Waals surface area (Å²) in [5.41, 5.74) is 7.39. The molecule has 3 N–H and O–H groups in total. The molecular formula is C12H10ClNO2S. The monoisotopic (exact) mass is 267 g/mol. The lowest BCUT2D eigenvalue weighted by Crippen LogP contribution is -2.00. The summed E-state index contributed by atoms with van der Waals surface area (Å²) in [5.74, 6) is -1.00. The zero-order valence-electron chi connectivity index (χ0n) is 9.03. The van der Waals surface area contributed by atoms with Crippen molar-refractivity contribution >= 4 is 33.9 Å². The van der Waals surface area contributed by atoms with Crippen LogP contribution in [0.2, 0.25) is 5.02 Å². The van der Waals surface area contributed by atoms with E-state index in [-0.39, 0.29) is 5.56 Å². The highest BCUT2D eigenvalue weighted by molar-refractivity contribution is 7.16. The fourth-order valence-corrected chi connectivity index (χ4v) is 2.81. The smallest absolute Gasteiger partial charge is 0.339 e. The molecule has 0 amide bonds. The maximum atomic E-state index is 11.2. The third-order valence-electron chi connectivity index (χ3n) is 2.46. The number of rotatable bonds is 2. The number of anilines is 1. The summed E-state index contributed by atoms with van der Waals surface area (Å²) in [6.45, 7) is 1.86. The Balaban J connectivity index is 2.66. The van der Waals surface area contributed by atoms with Crippen LogP contribution in [0.3, 0.4) is 0 Å². The average molecular weight is 268 g/mol. The van der Waals surface area contributed by atoms with Gasteiger partial charge in [0.2, 0.25) is 0 Å². The number of hydrogen-bond acceptors (Lipinski definition) is 3. The maximum Gasteiger partial charge on any atom is 0.339 e. The maximum absolute atomic E-state index is 11.2. The number of hydrogen-bond donors (Lipinski definition) is 2. The van der Waals surface area contributed by atoms with E-state index in [9.17, 15) is 9.90 Å². The van der Waals surface area contributed by atoms with Gasteiger partial charge in [0, 0.05) is 15.5 Å². The van der Waals surface area contributed by atoms with E-state index in [1.165, 1.54) is 11.3 Å². The van der Waals surface area contributed by atoms with E-state index in [0.717, 1.165) is 10.4 Å². The molecule has 0 saturated heterocycles. The van der Waals surface area contributed by atoms with Gasteiger partial charge in [0.25, 0.3) is 0 Å². The molecule has 2 aromatic rings. The fraction of sp³-hybridized carbons (Fsp3) is 0.0833. The molecule has 2 rings (SSSR count). The first-order valence-electron chi connectivity index (χ1n) is 4.89. The summed E-state index contributed by atoms with van der Waals surface area (Å²) < 4.78 is 0. The first kappa shape index (κ1) is 12.0. The molecular weight excluding hydrogens is 258 g/mol. The summed E-state index contributed by atoms with van der Waals surface area (Å²) in [5, 5.41) is 10.1. The number of nitrogen functional groups attached to an aromatic ring is 1. The topological polar surface area (TPSA) is 63.3 Å². The van der Waals surface area contributed by atoms with Gasteiger partial charge < -0.3 is 10.8 Å². The SMILES string of the molecule is Cc1sc(N)c(C(=O)O)c1-c1ccc(Cl)cc1. The second-order valence-electron chi connectivity index (χ2n) is 3.58. The summed E-state index contributed by atoms with van der Waals surface area (Å²) in [4.78, 5) is 12.1. The minimum atomic E-state index is -1.00. The van der Waals surface area contributed by atoms with Gasteiger partial charge in [-0.25, -0.2) is 4.79 Å². The molecule has 88 valence electrons. The van der Waals surface area contributed by atoms with Crippen LogP contribution in [0.1, 0.15) is 15.2 Å². The van der Waals surface area contributed by atoms with E-state index in [4.69, 9.17) is 17.3 Å². The zero-order chi connectivity index (χ0) is 12.6. The number of thiophene rings is 1. The van der Waals surface area contributed by atoms with Gasteiger partial charge in [0.15, 0.2) is 0 Å². The van der Waals surface area contributed by atoms with Crippen molar-refractivity contribution in [1.29, 1.82) is 0 Å². The Labute approximate surface area is 107 Å². The van der Waals surface area contributed by atoms with Gasteiger partial charge in [0.1, 0.15) is 10.6 Å². The molecule has 1 aromatic heterocycles. The molecule has 0 spiro atoms. The van der Waals surface area contributed by atoms with Gasteiger partial charge in [-0.1, -0.05) is 23.7 Å². The van der Waals surface area contributed by atoms with Gasteiger partial charge in [-0.2, -0.15) is 0 Å². The molecule has 0 aliphatic carbocycles. The number of aromatic carboxylic acids is 1. The van der Waals surface area contributed by atoms with Crippen molar-refractivity contribution < 1.29 is 9.90 Å². The van der Waals surface area contributed by atoms with Crippen molar-refractivity contribution in [2.75, 3.05) is 5.73 Å². The Morgan fingerprint density at radius 1 is 1.35 bits per heavy atom. The Bertz CT molecular complexity index is 575. The summed E-state index contributed by atoms with van der Waals surface area (Å²) >= 11 is 7.10. The molecule has 1 heterocycles. The minimum Gasteiger partial charge on any atom is -0.478 e. The third-order valence-corrected chi connectivity index (χ3v) is 3.64. The fourth-order valence-electron chi connectivity index (χ4n) is 1.74. The first-order valence-corrected chi connectivity index (χ1v) is 6.08. The second-order valence-corrected chi connectivity index (χ2v) is 5.28. The van der Waals surface area contributed by atoms with Crippen LogP contribution in [0.25, 0.3) is 11.1 Å². The molecule has 0 unspecified atom stereocenters. The summed E-state index contributed by atoms with van der Waals surface area (Å²) in [7, 11) is 0. The van der Waals surface area contributed by atoms with Crippen LogP contribution in [-0.2, 0) is 0 Å². The number of nitrogens with two attached hydrogens (primary N) is 1. The number of benzene rings is 1. The molecule has 5 heteroatoms. The molecule has 0 atom stereocenters. The number of carboxylic acid groups (broad SMARTS) is 1. The molecule has 1 aromatic carbocycles. The van der Waals surface area contributed by atoms with Crippen molar-refractivity contribution in [2.45, 2.75) is 6.92 Å². The van der Waals surface area contributed by atoms with E-state index >= 15 is 0 Å². The van der Waals surface area contributed by atoms with Crippen LogP contribution in [0, 0.1) is 6.92 Å². The van der Waals surface area contributed by atoms with Crippen LogP contribution in [0.4, 0.5) is 5.00 Å². The van der Waals surface area contributed by atoms with Crippen LogP contribution < -0.4 is 5.73 Å². The van der Waals surface area contributed by atoms with Gasteiger partial charge in [-0.3, -0.25) is 0 Å². The number of carbonyl (C=O) groups is 1. The van der Waals surface area contributed by atoms with E-state index in [1.54, 1.807) is 24.3 Å². The van der Waals surface area contributed by atoms with Gasteiger partial charge in [-0.05, 0) is 24.6 Å². The second kappa shape index (κ2) is 4.39. The normalized spacial score (nSPS) is 10.5. The predicted molar refractivity (Wildman–Crippen MR) is 70.9 cm³/mol. The van der Waals surface area contributed by atoms with Crippen molar-refractivity contribution in [2.24, 2.45) is 0 Å². The van der Waals surface area contributed by atoms with Gasteiger partial charge >= 0.3 is 5.97 Å². The zero-order valence-corrected chi connectivity index (χ0v) is 10.6. The van der Waals surface area contributed by atoms with Crippen LogP contribution in [0.15, 0.2) is 24.3 Å². The molecule has 0 fully saturated rings. The van der Waals surface area contributed by atoms with E-state index in [1.807, 2.05) is 6.92 Å². The van der Waals surface area contributed by atoms with E-state index in [2.05, 4.69) is 0 Å². The van der Waals surface area contributed by atoms with Crippen molar-refractivity contribution in [1.82, 2.24) is 0 Å². The first-order chi connectivity index (χ1) is 8.00. The Morgan fingerprint density at radius 3 is 2.47 bits per heavy atom. The molecule has 0 bridgehead atoms. The highest BCUT2D eigenvalue weighted by atomic mass is 35.5. The van der Waals surface area contributed by atoms with Gasteiger partial charge in [0.05, 0.1) is 0 Å². The van der Waals surface area contributed by atoms with Crippen LogP contribution >= 0.6 is 22.9 Å². The van der Waals surface area contributed by atoms with Crippen molar-refractivity contribution in [3.05, 3.63) is 39.7 Å². The highest BCUT2D eigenvalue weighted by Gasteiger charge is 2.20. The Hall–Kier alpha value is -1.52. The van der Waals surface area contributed by atoms with Crippen molar-refractivity contribution in [3.8, 4) is 11.1 Å². The predicted octanol–water partition coefficient (Wildman–Crippen LogP) is 3.66. The van der Waals surface area contributed by atoms with Crippen LogP contribution in [-0.4, -0.2) is 11.1 Å². The van der Waals surface area contributed by atoms with Crippen molar-refractivity contribution in [3.63, 3.8) is 0 Å². The summed E-state index contributed by atoms with van der Waals surface area (Å²) in [6.07, 6.45) is 0. The summed E-state index contributed by atoms with van der Waals surface area (Å²) in [6, 6.07) is 7.05. The Morgan fingerprint density at radius 2 is 1.94 bits per heavy atom. The number of halogens is 1. The van der Waals surface area contributed by atoms with Crippen LogP contribution in [0.5, 0.6) is 0 Å². The number of carboxylic acids is 1. The highest BCUT2D eigenvalue weighted by Crippen LogP contribution is 2.38. The molecule has 0 aliphatic rings. The van der Waals surface area contributed by atoms with E-state index in [0.29, 0.717) is 15.6 Å². The third kappa shape index (κ3) is 2.14.